The molecule has 1 heterocycles. The third kappa shape index (κ3) is 5.12. The number of halogens is 1. The lowest BCUT2D eigenvalue weighted by molar-refractivity contribution is 0.258. The van der Waals surface area contributed by atoms with Crippen molar-refractivity contribution >= 4 is 29.9 Å². The average Bonchev–Trinajstić information content (AvgIpc) is 2.38. The van der Waals surface area contributed by atoms with Crippen LogP contribution >= 0.6 is 24.0 Å². The van der Waals surface area contributed by atoms with Crippen LogP contribution in [0.4, 0.5) is 0 Å². The summed E-state index contributed by atoms with van der Waals surface area (Å²) in [5.74, 6) is 3.24. The molecule has 1 aliphatic carbocycles. The van der Waals surface area contributed by atoms with Crippen LogP contribution in [0.3, 0.4) is 0 Å². The fourth-order valence-corrected chi connectivity index (χ4v) is 3.21. The summed E-state index contributed by atoms with van der Waals surface area (Å²) in [6.07, 6.45) is 8.02. The summed E-state index contributed by atoms with van der Waals surface area (Å²) < 4.78 is 0. The summed E-state index contributed by atoms with van der Waals surface area (Å²) in [7, 11) is 0. The van der Waals surface area contributed by atoms with Gasteiger partial charge in [0.1, 0.15) is 0 Å². The van der Waals surface area contributed by atoms with Crippen LogP contribution in [-0.2, 0) is 0 Å². The molecule has 1 aliphatic heterocycles. The van der Waals surface area contributed by atoms with E-state index >= 15 is 0 Å². The standard InChI is InChI=1S/C15H29N3.HI/c1-12-7-9-18(10-8-12)15(16)17-11-14-6-4-3-5-13(14)2;/h12-14H,3-11H2,1-2H3,(H2,16,17);1H. The van der Waals surface area contributed by atoms with Crippen LogP contribution in [0.15, 0.2) is 4.99 Å². The van der Waals surface area contributed by atoms with E-state index in [0.29, 0.717) is 0 Å². The molecule has 1 saturated heterocycles. The Morgan fingerprint density at radius 1 is 1.11 bits per heavy atom. The lowest BCUT2D eigenvalue weighted by Gasteiger charge is -2.32. The number of nitrogens with zero attached hydrogens (tertiary/aromatic N) is 2. The zero-order valence-electron chi connectivity index (χ0n) is 12.5. The van der Waals surface area contributed by atoms with Gasteiger partial charge in [-0.25, -0.2) is 0 Å². The smallest absolute Gasteiger partial charge is 0.191 e. The molecule has 2 atom stereocenters. The minimum absolute atomic E-state index is 0. The van der Waals surface area contributed by atoms with Gasteiger partial charge in [-0.15, -0.1) is 24.0 Å². The van der Waals surface area contributed by atoms with Crippen molar-refractivity contribution in [3.05, 3.63) is 0 Å². The minimum atomic E-state index is 0. The highest BCUT2D eigenvalue weighted by Gasteiger charge is 2.22. The number of nitrogens with two attached hydrogens (primary N) is 1. The molecule has 2 unspecified atom stereocenters. The van der Waals surface area contributed by atoms with E-state index in [1.165, 1.54) is 38.5 Å². The van der Waals surface area contributed by atoms with Gasteiger partial charge in [-0.1, -0.05) is 33.1 Å². The first-order valence-electron chi connectivity index (χ1n) is 7.71. The van der Waals surface area contributed by atoms with Gasteiger partial charge in [0.05, 0.1) is 0 Å². The molecule has 0 aromatic carbocycles. The van der Waals surface area contributed by atoms with Crippen LogP contribution in [0.5, 0.6) is 0 Å². The third-order valence-corrected chi connectivity index (χ3v) is 4.88. The maximum atomic E-state index is 6.13. The van der Waals surface area contributed by atoms with Crippen LogP contribution < -0.4 is 5.73 Å². The second-order valence-electron chi connectivity index (χ2n) is 6.39. The number of aliphatic imine (C=N–C) groups is 1. The van der Waals surface area contributed by atoms with E-state index in [9.17, 15) is 0 Å². The number of piperidine rings is 1. The molecule has 2 N–H and O–H groups in total. The first-order valence-corrected chi connectivity index (χ1v) is 7.71. The first kappa shape index (κ1) is 17.1. The predicted molar refractivity (Wildman–Crippen MR) is 93.0 cm³/mol. The van der Waals surface area contributed by atoms with Gasteiger partial charge in [-0.3, -0.25) is 4.99 Å². The zero-order valence-corrected chi connectivity index (χ0v) is 14.8. The van der Waals surface area contributed by atoms with Crippen molar-refractivity contribution in [1.29, 1.82) is 0 Å². The maximum absolute atomic E-state index is 6.13. The van der Waals surface area contributed by atoms with Crippen LogP contribution in [0.1, 0.15) is 52.4 Å². The monoisotopic (exact) mass is 379 g/mol. The molecule has 0 radical (unpaired) electrons. The molecular formula is C15H30IN3. The van der Waals surface area contributed by atoms with E-state index in [2.05, 4.69) is 23.7 Å². The lowest BCUT2D eigenvalue weighted by atomic mass is 9.80. The Morgan fingerprint density at radius 2 is 1.74 bits per heavy atom. The molecule has 0 aromatic rings. The molecule has 2 rings (SSSR count). The van der Waals surface area contributed by atoms with Gasteiger partial charge in [0, 0.05) is 19.6 Å². The Labute approximate surface area is 135 Å². The normalized spacial score (nSPS) is 30.0. The fourth-order valence-electron chi connectivity index (χ4n) is 3.21. The Morgan fingerprint density at radius 3 is 2.37 bits per heavy atom. The van der Waals surface area contributed by atoms with Gasteiger partial charge < -0.3 is 10.6 Å². The van der Waals surface area contributed by atoms with Crippen molar-refractivity contribution in [1.82, 2.24) is 4.90 Å². The predicted octanol–water partition coefficient (Wildman–Crippen LogP) is 3.48. The van der Waals surface area contributed by atoms with Gasteiger partial charge in [0.15, 0.2) is 5.96 Å². The number of rotatable bonds is 2. The summed E-state index contributed by atoms with van der Waals surface area (Å²) in [6.45, 7) is 7.83. The molecule has 112 valence electrons. The Bertz CT molecular complexity index is 285. The molecule has 0 spiro atoms. The van der Waals surface area contributed by atoms with Crippen LogP contribution in [0.2, 0.25) is 0 Å². The zero-order chi connectivity index (χ0) is 13.0. The van der Waals surface area contributed by atoms with E-state index < -0.39 is 0 Å². The van der Waals surface area contributed by atoms with E-state index in [1.54, 1.807) is 0 Å². The molecule has 4 heteroatoms. The molecule has 2 aliphatic rings. The van der Waals surface area contributed by atoms with Crippen molar-refractivity contribution in [3.8, 4) is 0 Å². The van der Waals surface area contributed by atoms with E-state index in [1.807, 2.05) is 0 Å². The number of guanidine groups is 1. The molecule has 3 nitrogen and oxygen atoms in total. The topological polar surface area (TPSA) is 41.6 Å². The highest BCUT2D eigenvalue weighted by Crippen LogP contribution is 2.29. The van der Waals surface area contributed by atoms with E-state index in [4.69, 9.17) is 5.73 Å². The lowest BCUT2D eigenvalue weighted by Crippen LogP contribution is -2.42. The molecule has 2 fully saturated rings. The summed E-state index contributed by atoms with van der Waals surface area (Å²) in [5, 5.41) is 0. The molecule has 0 aromatic heterocycles. The van der Waals surface area contributed by atoms with Crippen LogP contribution in [-0.4, -0.2) is 30.5 Å². The molecule has 19 heavy (non-hydrogen) atoms. The summed E-state index contributed by atoms with van der Waals surface area (Å²) in [5.41, 5.74) is 6.13. The maximum Gasteiger partial charge on any atom is 0.191 e. The highest BCUT2D eigenvalue weighted by atomic mass is 127. The van der Waals surface area contributed by atoms with Gasteiger partial charge in [0.25, 0.3) is 0 Å². The summed E-state index contributed by atoms with van der Waals surface area (Å²) in [4.78, 5) is 6.94. The van der Waals surface area contributed by atoms with Crippen molar-refractivity contribution in [3.63, 3.8) is 0 Å². The Balaban J connectivity index is 0.00000180. The van der Waals surface area contributed by atoms with Crippen molar-refractivity contribution < 1.29 is 0 Å². The van der Waals surface area contributed by atoms with Crippen LogP contribution in [0.25, 0.3) is 0 Å². The van der Waals surface area contributed by atoms with Gasteiger partial charge in [-0.2, -0.15) is 0 Å². The summed E-state index contributed by atoms with van der Waals surface area (Å²) >= 11 is 0. The Kier molecular flexibility index (Phi) is 7.47. The van der Waals surface area contributed by atoms with Crippen molar-refractivity contribution in [2.75, 3.05) is 19.6 Å². The Hall–Kier alpha value is 0. The molecule has 0 bridgehead atoms. The van der Waals surface area contributed by atoms with E-state index in [0.717, 1.165) is 43.3 Å². The summed E-state index contributed by atoms with van der Waals surface area (Å²) in [6, 6.07) is 0. The number of hydrogen-bond donors (Lipinski definition) is 1. The van der Waals surface area contributed by atoms with Gasteiger partial charge in [-0.05, 0) is 37.0 Å². The van der Waals surface area contributed by atoms with Crippen molar-refractivity contribution in [2.45, 2.75) is 52.4 Å². The molecular weight excluding hydrogens is 349 g/mol. The quantitative estimate of drug-likeness (QED) is 0.454. The van der Waals surface area contributed by atoms with Gasteiger partial charge in [0.2, 0.25) is 0 Å². The van der Waals surface area contributed by atoms with Crippen LogP contribution in [0, 0.1) is 17.8 Å². The second-order valence-corrected chi connectivity index (χ2v) is 6.39. The SMILES string of the molecule is CC1CCN(C(N)=NCC2CCCCC2C)CC1.I. The first-order chi connectivity index (χ1) is 8.66. The van der Waals surface area contributed by atoms with E-state index in [-0.39, 0.29) is 24.0 Å². The largest absolute Gasteiger partial charge is 0.370 e. The number of likely N-dealkylation sites (tertiary alicyclic amines) is 1. The third-order valence-electron chi connectivity index (χ3n) is 4.88. The average molecular weight is 379 g/mol. The van der Waals surface area contributed by atoms with Crippen molar-refractivity contribution in [2.24, 2.45) is 28.5 Å². The molecule has 1 saturated carbocycles. The minimum Gasteiger partial charge on any atom is -0.370 e. The molecule has 0 amide bonds. The number of hydrogen-bond acceptors (Lipinski definition) is 1. The van der Waals surface area contributed by atoms with Gasteiger partial charge >= 0.3 is 0 Å². The second kappa shape index (κ2) is 8.32. The fraction of sp³-hybridized carbons (Fsp3) is 0.933. The highest BCUT2D eigenvalue weighted by molar-refractivity contribution is 14.0.